The van der Waals surface area contributed by atoms with E-state index in [0.717, 1.165) is 4.90 Å². The van der Waals surface area contributed by atoms with Crippen LogP contribution in [-0.4, -0.2) is 46.9 Å². The Balaban J connectivity index is 1.50. The van der Waals surface area contributed by atoms with E-state index in [9.17, 15) is 19.2 Å². The minimum absolute atomic E-state index is 0.340. The third-order valence-corrected chi connectivity index (χ3v) is 5.35. The second kappa shape index (κ2) is 8.11. The van der Waals surface area contributed by atoms with Crippen LogP contribution in [0.2, 0.25) is 0 Å². The second-order valence-electron chi connectivity index (χ2n) is 8.86. The molecule has 4 amide bonds. The van der Waals surface area contributed by atoms with E-state index in [1.54, 1.807) is 69.3 Å². The highest BCUT2D eigenvalue weighted by atomic mass is 16.6. The Morgan fingerprint density at radius 1 is 1.00 bits per heavy atom. The summed E-state index contributed by atoms with van der Waals surface area (Å²) in [6, 6.07) is 12.6. The van der Waals surface area contributed by atoms with Crippen molar-refractivity contribution < 1.29 is 23.9 Å². The van der Waals surface area contributed by atoms with Crippen LogP contribution >= 0.6 is 0 Å². The molecule has 1 saturated heterocycles. The number of nitrogens with zero attached hydrogens (tertiary/aromatic N) is 2. The molecule has 0 saturated carbocycles. The molecular formula is C24H25N3O5. The predicted octanol–water partition coefficient (Wildman–Crippen LogP) is 3.83. The molecule has 0 spiro atoms. The first-order valence-electron chi connectivity index (χ1n) is 10.5. The third-order valence-electron chi connectivity index (χ3n) is 5.35. The first kappa shape index (κ1) is 21.5. The fraction of sp³-hybridized carbons (Fsp3) is 0.333. The third kappa shape index (κ3) is 4.08. The Labute approximate surface area is 186 Å². The van der Waals surface area contributed by atoms with Crippen molar-refractivity contribution in [1.82, 2.24) is 4.90 Å². The molecule has 8 nitrogen and oxygen atoms in total. The van der Waals surface area contributed by atoms with Gasteiger partial charge >= 0.3 is 6.09 Å². The van der Waals surface area contributed by atoms with E-state index in [1.807, 2.05) is 0 Å². The van der Waals surface area contributed by atoms with Gasteiger partial charge in [-0.25, -0.2) is 9.69 Å². The summed E-state index contributed by atoms with van der Waals surface area (Å²) in [6.07, 6.45) is 0.713. The summed E-state index contributed by atoms with van der Waals surface area (Å²) in [5.41, 5.74) is 0.850. The zero-order valence-corrected chi connectivity index (χ0v) is 18.3. The van der Waals surface area contributed by atoms with Gasteiger partial charge in [0.05, 0.1) is 16.8 Å². The van der Waals surface area contributed by atoms with Crippen molar-refractivity contribution in [2.75, 3.05) is 16.8 Å². The van der Waals surface area contributed by atoms with Gasteiger partial charge < -0.3 is 10.1 Å². The lowest BCUT2D eigenvalue weighted by Crippen LogP contribution is -2.45. The van der Waals surface area contributed by atoms with Gasteiger partial charge in [-0.3, -0.25) is 19.3 Å². The van der Waals surface area contributed by atoms with Gasteiger partial charge in [0.1, 0.15) is 11.6 Å². The topological polar surface area (TPSA) is 96.0 Å². The number of anilines is 2. The lowest BCUT2D eigenvalue weighted by atomic mass is 10.1. The molecule has 2 aromatic rings. The molecule has 0 aliphatic carbocycles. The van der Waals surface area contributed by atoms with Crippen LogP contribution in [0.1, 0.15) is 54.3 Å². The minimum Gasteiger partial charge on any atom is -0.444 e. The number of fused-ring (bicyclic) bond motifs is 1. The highest BCUT2D eigenvalue weighted by Crippen LogP contribution is 2.30. The molecule has 4 rings (SSSR count). The summed E-state index contributed by atoms with van der Waals surface area (Å²) in [5.74, 6) is -1.14. The van der Waals surface area contributed by atoms with Gasteiger partial charge in [0.15, 0.2) is 0 Å². The van der Waals surface area contributed by atoms with Gasteiger partial charge in [-0.2, -0.15) is 0 Å². The number of likely N-dealkylation sites (tertiary alicyclic amines) is 1. The molecule has 32 heavy (non-hydrogen) atoms. The number of carbonyl (C=O) groups excluding carboxylic acids is 4. The van der Waals surface area contributed by atoms with Crippen LogP contribution in [0.25, 0.3) is 0 Å². The Kier molecular flexibility index (Phi) is 5.46. The van der Waals surface area contributed by atoms with Crippen LogP contribution in [0.4, 0.5) is 16.2 Å². The monoisotopic (exact) mass is 435 g/mol. The Morgan fingerprint density at radius 3 is 2.28 bits per heavy atom. The van der Waals surface area contributed by atoms with Crippen LogP contribution < -0.4 is 10.2 Å². The summed E-state index contributed by atoms with van der Waals surface area (Å²) in [5, 5.41) is 2.81. The number of amides is 4. The number of rotatable bonds is 3. The number of imide groups is 1. The summed E-state index contributed by atoms with van der Waals surface area (Å²) in [4.78, 5) is 53.4. The second-order valence-corrected chi connectivity index (χ2v) is 8.86. The van der Waals surface area contributed by atoms with E-state index in [2.05, 4.69) is 5.32 Å². The van der Waals surface area contributed by atoms with Crippen molar-refractivity contribution in [3.63, 3.8) is 0 Å². The summed E-state index contributed by atoms with van der Waals surface area (Å²) in [6.45, 7) is 5.78. The Bertz CT molecular complexity index is 1070. The number of carbonyl (C=O) groups is 4. The van der Waals surface area contributed by atoms with Gasteiger partial charge in [-0.1, -0.05) is 18.2 Å². The Morgan fingerprint density at radius 2 is 1.66 bits per heavy atom. The molecular weight excluding hydrogens is 410 g/mol. The van der Waals surface area contributed by atoms with E-state index in [0.29, 0.717) is 41.9 Å². The van der Waals surface area contributed by atoms with E-state index < -0.39 is 29.6 Å². The number of hydrogen-bond donors (Lipinski definition) is 1. The number of ether oxygens (including phenoxy) is 1. The van der Waals surface area contributed by atoms with Crippen LogP contribution in [0, 0.1) is 0 Å². The minimum atomic E-state index is -0.651. The smallest absolute Gasteiger partial charge is 0.410 e. The maximum absolute atomic E-state index is 12.9. The molecule has 1 fully saturated rings. The van der Waals surface area contributed by atoms with Crippen LogP contribution in [0.3, 0.4) is 0 Å². The standard InChI is InChI=1S/C24H25N3O5/c1-24(2,3)32-23(31)26-13-7-12-19(26)20(28)25-15-8-6-9-16(14-15)27-21(29)17-10-4-5-11-18(17)22(27)30/h4-6,8-11,14,19H,7,12-13H2,1-3H3,(H,25,28). The van der Waals surface area contributed by atoms with E-state index in [4.69, 9.17) is 4.74 Å². The average molecular weight is 435 g/mol. The Hall–Kier alpha value is -3.68. The van der Waals surface area contributed by atoms with Gasteiger partial charge in [-0.15, -0.1) is 0 Å². The van der Waals surface area contributed by atoms with Crippen LogP contribution in [0.5, 0.6) is 0 Å². The average Bonchev–Trinajstić information content (AvgIpc) is 3.31. The summed E-state index contributed by atoms with van der Waals surface area (Å²) >= 11 is 0. The lowest BCUT2D eigenvalue weighted by molar-refractivity contribution is -0.120. The van der Waals surface area contributed by atoms with Crippen molar-refractivity contribution in [1.29, 1.82) is 0 Å². The molecule has 166 valence electrons. The van der Waals surface area contributed by atoms with Gasteiger partial charge in [0.25, 0.3) is 11.8 Å². The van der Waals surface area contributed by atoms with Crippen molar-refractivity contribution >= 4 is 35.2 Å². The highest BCUT2D eigenvalue weighted by Gasteiger charge is 2.38. The van der Waals surface area contributed by atoms with Crippen molar-refractivity contribution in [2.45, 2.75) is 45.3 Å². The molecule has 1 unspecified atom stereocenters. The SMILES string of the molecule is CC(C)(C)OC(=O)N1CCCC1C(=O)Nc1cccc(N2C(=O)c3ccccc3C2=O)c1. The van der Waals surface area contributed by atoms with Gasteiger partial charge in [0, 0.05) is 12.2 Å². The number of hydrogen-bond acceptors (Lipinski definition) is 5. The van der Waals surface area contributed by atoms with E-state index in [-0.39, 0.29) is 5.91 Å². The molecule has 0 aromatic heterocycles. The largest absolute Gasteiger partial charge is 0.444 e. The van der Waals surface area contributed by atoms with Crippen molar-refractivity contribution in [2.24, 2.45) is 0 Å². The fourth-order valence-electron chi connectivity index (χ4n) is 3.95. The molecule has 0 bridgehead atoms. The van der Waals surface area contributed by atoms with Gasteiger partial charge in [0.2, 0.25) is 5.91 Å². The maximum atomic E-state index is 12.9. The lowest BCUT2D eigenvalue weighted by Gasteiger charge is -2.28. The van der Waals surface area contributed by atoms with Crippen LogP contribution in [-0.2, 0) is 9.53 Å². The van der Waals surface area contributed by atoms with Crippen molar-refractivity contribution in [3.8, 4) is 0 Å². The quantitative estimate of drug-likeness (QED) is 0.740. The molecule has 2 aliphatic rings. The maximum Gasteiger partial charge on any atom is 0.410 e. The molecule has 1 atom stereocenters. The predicted molar refractivity (Wildman–Crippen MR) is 119 cm³/mol. The highest BCUT2D eigenvalue weighted by molar-refractivity contribution is 6.34. The number of nitrogens with one attached hydrogen (secondary N) is 1. The zero-order chi connectivity index (χ0) is 23.0. The van der Waals surface area contributed by atoms with E-state index in [1.165, 1.54) is 4.90 Å². The molecule has 1 N–H and O–H groups in total. The molecule has 2 heterocycles. The molecule has 0 radical (unpaired) electrons. The summed E-state index contributed by atoms with van der Waals surface area (Å²) < 4.78 is 5.42. The van der Waals surface area contributed by atoms with Crippen LogP contribution in [0.15, 0.2) is 48.5 Å². The fourth-order valence-corrected chi connectivity index (χ4v) is 3.95. The van der Waals surface area contributed by atoms with Gasteiger partial charge in [-0.05, 0) is 63.9 Å². The van der Waals surface area contributed by atoms with E-state index >= 15 is 0 Å². The molecule has 8 heteroatoms. The number of benzene rings is 2. The van der Waals surface area contributed by atoms with Crippen molar-refractivity contribution in [3.05, 3.63) is 59.7 Å². The summed E-state index contributed by atoms with van der Waals surface area (Å²) in [7, 11) is 0. The zero-order valence-electron chi connectivity index (χ0n) is 18.3. The first-order valence-corrected chi connectivity index (χ1v) is 10.5. The first-order chi connectivity index (χ1) is 15.2. The molecule has 2 aliphatic heterocycles. The molecule has 2 aromatic carbocycles. The normalized spacial score (nSPS) is 18.0.